The van der Waals surface area contributed by atoms with Gasteiger partial charge in [0.15, 0.2) is 0 Å². The fourth-order valence-corrected chi connectivity index (χ4v) is 4.16. The number of hydrogen-bond acceptors (Lipinski definition) is 4. The number of imide groups is 1. The second-order valence-electron chi connectivity index (χ2n) is 3.95. The van der Waals surface area contributed by atoms with Gasteiger partial charge in [-0.25, -0.2) is 0 Å². The largest absolute Gasteiger partial charge is 0.395 e. The molecule has 0 saturated carbocycles. The topological polar surface area (TPSA) is 69.6 Å². The number of amides is 2. The van der Waals surface area contributed by atoms with Crippen LogP contribution in [0.4, 0.5) is 5.69 Å². The van der Waals surface area contributed by atoms with E-state index in [-0.39, 0.29) is 18.8 Å². The zero-order valence-corrected chi connectivity index (χ0v) is 14.7. The van der Waals surface area contributed by atoms with Gasteiger partial charge in [0, 0.05) is 19.5 Å². The van der Waals surface area contributed by atoms with Gasteiger partial charge < -0.3 is 10.4 Å². The predicted molar refractivity (Wildman–Crippen MR) is 85.1 cm³/mol. The van der Waals surface area contributed by atoms with Crippen molar-refractivity contribution in [3.8, 4) is 0 Å². The first-order valence-electron chi connectivity index (χ1n) is 5.54. The molecule has 8 heteroatoms. The van der Waals surface area contributed by atoms with Crippen molar-refractivity contribution in [3.05, 3.63) is 37.3 Å². The molecule has 2 amide bonds. The SMILES string of the molecule is O=C1C=C(Nc2c(Br)cc(Br)cc2Br)C(=O)N1CCO. The molecule has 0 saturated heterocycles. The van der Waals surface area contributed by atoms with Crippen LogP contribution in [0.1, 0.15) is 0 Å². The van der Waals surface area contributed by atoms with Crippen LogP contribution in [-0.4, -0.2) is 35.0 Å². The summed E-state index contributed by atoms with van der Waals surface area (Å²) < 4.78 is 2.34. The minimum absolute atomic E-state index is 0.0119. The third-order valence-electron chi connectivity index (χ3n) is 2.60. The molecule has 2 rings (SSSR count). The summed E-state index contributed by atoms with van der Waals surface area (Å²) in [5.41, 5.74) is 0.818. The number of hydrogen-bond donors (Lipinski definition) is 2. The van der Waals surface area contributed by atoms with E-state index in [1.807, 2.05) is 12.1 Å². The number of aliphatic hydroxyl groups excluding tert-OH is 1. The molecule has 106 valence electrons. The summed E-state index contributed by atoms with van der Waals surface area (Å²) in [5, 5.41) is 11.8. The third kappa shape index (κ3) is 3.13. The second-order valence-corrected chi connectivity index (χ2v) is 6.57. The van der Waals surface area contributed by atoms with Crippen LogP contribution in [0.25, 0.3) is 0 Å². The molecule has 0 aromatic heterocycles. The summed E-state index contributed by atoms with van der Waals surface area (Å²) in [4.78, 5) is 24.7. The summed E-state index contributed by atoms with van der Waals surface area (Å²) in [6.07, 6.45) is 1.22. The van der Waals surface area contributed by atoms with E-state index in [4.69, 9.17) is 5.11 Å². The lowest BCUT2D eigenvalue weighted by atomic mass is 10.3. The minimum Gasteiger partial charge on any atom is -0.395 e. The van der Waals surface area contributed by atoms with E-state index in [0.29, 0.717) is 5.69 Å². The standard InChI is InChI=1S/C12H9Br3N2O3/c13-6-3-7(14)11(8(15)4-6)16-9-5-10(19)17(1-2-18)12(9)20/h3-5,16,18H,1-2H2. The molecule has 1 heterocycles. The van der Waals surface area contributed by atoms with Crippen molar-refractivity contribution in [2.75, 3.05) is 18.5 Å². The van der Waals surface area contributed by atoms with Crippen molar-refractivity contribution in [2.45, 2.75) is 0 Å². The van der Waals surface area contributed by atoms with Crippen molar-refractivity contribution >= 4 is 65.3 Å². The number of carbonyl (C=O) groups is 2. The van der Waals surface area contributed by atoms with Crippen molar-refractivity contribution in [2.24, 2.45) is 0 Å². The highest BCUT2D eigenvalue weighted by Crippen LogP contribution is 2.35. The zero-order chi connectivity index (χ0) is 14.9. The average Bonchev–Trinajstić information content (AvgIpc) is 2.62. The molecule has 1 aromatic carbocycles. The van der Waals surface area contributed by atoms with E-state index < -0.39 is 11.8 Å². The van der Waals surface area contributed by atoms with Crippen LogP contribution in [0.3, 0.4) is 0 Å². The van der Waals surface area contributed by atoms with E-state index in [9.17, 15) is 9.59 Å². The van der Waals surface area contributed by atoms with E-state index in [1.54, 1.807) is 0 Å². The van der Waals surface area contributed by atoms with Gasteiger partial charge in [-0.15, -0.1) is 0 Å². The van der Waals surface area contributed by atoms with Gasteiger partial charge in [-0.05, 0) is 44.0 Å². The predicted octanol–water partition coefficient (Wildman–Crippen LogP) is 2.63. The number of β-amino-alcohol motifs (C(OH)–C–C–N with tert-alkyl or cyclic N) is 1. The second kappa shape index (κ2) is 6.38. The highest BCUT2D eigenvalue weighted by atomic mass is 79.9. The monoisotopic (exact) mass is 466 g/mol. The summed E-state index contributed by atoms with van der Waals surface area (Å²) >= 11 is 10.1. The Bertz CT molecular complexity index is 593. The molecule has 1 aliphatic heterocycles. The third-order valence-corrected chi connectivity index (χ3v) is 4.31. The number of anilines is 1. The quantitative estimate of drug-likeness (QED) is 0.667. The van der Waals surface area contributed by atoms with Gasteiger partial charge in [0.05, 0.1) is 18.8 Å². The van der Waals surface area contributed by atoms with Crippen LogP contribution in [-0.2, 0) is 9.59 Å². The Morgan fingerprint density at radius 2 is 1.75 bits per heavy atom. The molecule has 0 aliphatic carbocycles. The fraction of sp³-hybridized carbons (Fsp3) is 0.167. The van der Waals surface area contributed by atoms with Crippen molar-refractivity contribution in [1.82, 2.24) is 4.90 Å². The number of aliphatic hydroxyl groups is 1. The van der Waals surface area contributed by atoms with Crippen molar-refractivity contribution < 1.29 is 14.7 Å². The Labute approximate surface area is 140 Å². The molecule has 0 unspecified atom stereocenters. The van der Waals surface area contributed by atoms with Gasteiger partial charge in [0.2, 0.25) is 0 Å². The normalized spacial score (nSPS) is 14.8. The molecular formula is C12H9Br3N2O3. The van der Waals surface area contributed by atoms with Crippen LogP contribution in [0.2, 0.25) is 0 Å². The van der Waals surface area contributed by atoms with Crippen molar-refractivity contribution in [1.29, 1.82) is 0 Å². The first kappa shape index (κ1) is 15.7. The molecule has 20 heavy (non-hydrogen) atoms. The molecule has 0 bridgehead atoms. The number of nitrogens with zero attached hydrogens (tertiary/aromatic N) is 1. The molecule has 0 spiro atoms. The zero-order valence-electron chi connectivity index (χ0n) is 9.99. The molecular weight excluding hydrogens is 460 g/mol. The number of carbonyl (C=O) groups excluding carboxylic acids is 2. The first-order chi connectivity index (χ1) is 9.43. The van der Waals surface area contributed by atoms with E-state index in [2.05, 4.69) is 53.1 Å². The van der Waals surface area contributed by atoms with E-state index >= 15 is 0 Å². The molecule has 0 fully saturated rings. The Kier molecular flexibility index (Phi) is 5.00. The highest BCUT2D eigenvalue weighted by molar-refractivity contribution is 9.11. The molecule has 0 atom stereocenters. The molecule has 1 aromatic rings. The molecule has 1 aliphatic rings. The van der Waals surface area contributed by atoms with E-state index in [0.717, 1.165) is 18.3 Å². The van der Waals surface area contributed by atoms with Crippen LogP contribution < -0.4 is 5.32 Å². The van der Waals surface area contributed by atoms with Gasteiger partial charge in [0.1, 0.15) is 5.70 Å². The highest BCUT2D eigenvalue weighted by Gasteiger charge is 2.31. The number of nitrogens with one attached hydrogen (secondary N) is 1. The van der Waals surface area contributed by atoms with Gasteiger partial charge in [-0.1, -0.05) is 15.9 Å². The summed E-state index contributed by atoms with van der Waals surface area (Å²) in [6.45, 7) is -0.272. The van der Waals surface area contributed by atoms with Crippen LogP contribution in [0, 0.1) is 0 Å². The number of rotatable bonds is 4. The lowest BCUT2D eigenvalue weighted by Gasteiger charge is -2.15. The fourth-order valence-electron chi connectivity index (χ4n) is 1.71. The average molecular weight is 469 g/mol. The Morgan fingerprint density at radius 1 is 1.15 bits per heavy atom. The maximum Gasteiger partial charge on any atom is 0.277 e. The lowest BCUT2D eigenvalue weighted by molar-refractivity contribution is -0.137. The van der Waals surface area contributed by atoms with Gasteiger partial charge in [0.25, 0.3) is 11.8 Å². The molecule has 2 N–H and O–H groups in total. The molecule has 0 radical (unpaired) electrons. The van der Waals surface area contributed by atoms with E-state index in [1.165, 1.54) is 6.08 Å². The molecule has 5 nitrogen and oxygen atoms in total. The first-order valence-corrected chi connectivity index (χ1v) is 7.92. The summed E-state index contributed by atoms with van der Waals surface area (Å²) in [7, 11) is 0. The lowest BCUT2D eigenvalue weighted by Crippen LogP contribution is -2.34. The number of halogens is 3. The Hall–Kier alpha value is -0.700. The van der Waals surface area contributed by atoms with Gasteiger partial charge >= 0.3 is 0 Å². The smallest absolute Gasteiger partial charge is 0.277 e. The number of benzene rings is 1. The van der Waals surface area contributed by atoms with Gasteiger partial charge in [-0.3, -0.25) is 14.5 Å². The summed E-state index contributed by atoms with van der Waals surface area (Å²) in [6, 6.07) is 3.64. The minimum atomic E-state index is -0.453. The Morgan fingerprint density at radius 3 is 2.30 bits per heavy atom. The maximum atomic E-state index is 12.0. The van der Waals surface area contributed by atoms with Crippen LogP contribution in [0.5, 0.6) is 0 Å². The van der Waals surface area contributed by atoms with Crippen LogP contribution in [0.15, 0.2) is 37.3 Å². The summed E-state index contributed by atoms with van der Waals surface area (Å²) in [5.74, 6) is -0.887. The van der Waals surface area contributed by atoms with Crippen LogP contribution >= 0.6 is 47.8 Å². The van der Waals surface area contributed by atoms with Crippen molar-refractivity contribution in [3.63, 3.8) is 0 Å². The Balaban J connectivity index is 2.26. The van der Waals surface area contributed by atoms with Gasteiger partial charge in [-0.2, -0.15) is 0 Å². The maximum absolute atomic E-state index is 12.0.